The van der Waals surface area contributed by atoms with E-state index in [-0.39, 0.29) is 17.6 Å². The SMILES string of the molecule is COC(=O)c1ccc(N2C[C@H]3C[C@@H](C2)[C@H](CN(C)C)n2c3cccc2=O)nc1. The molecule has 4 rings (SSSR count). The molecule has 0 spiro atoms. The molecule has 0 aliphatic carbocycles. The molecule has 0 aromatic carbocycles. The van der Waals surface area contributed by atoms with Crippen LogP contribution in [-0.4, -0.2) is 61.3 Å². The molecule has 3 atom stereocenters. The summed E-state index contributed by atoms with van der Waals surface area (Å²) in [6.07, 6.45) is 2.65. The van der Waals surface area contributed by atoms with Crippen molar-refractivity contribution in [3.8, 4) is 0 Å². The third-order valence-electron chi connectivity index (χ3n) is 5.84. The first kappa shape index (κ1) is 18.7. The van der Waals surface area contributed by atoms with E-state index >= 15 is 0 Å². The Balaban J connectivity index is 1.66. The van der Waals surface area contributed by atoms with E-state index in [1.165, 1.54) is 7.11 Å². The molecule has 1 fully saturated rings. The summed E-state index contributed by atoms with van der Waals surface area (Å²) in [6.45, 7) is 2.50. The summed E-state index contributed by atoms with van der Waals surface area (Å²) in [6, 6.07) is 9.40. The van der Waals surface area contributed by atoms with E-state index in [1.54, 1.807) is 18.3 Å². The van der Waals surface area contributed by atoms with Gasteiger partial charge in [0.15, 0.2) is 0 Å². The van der Waals surface area contributed by atoms with Gasteiger partial charge in [-0.2, -0.15) is 0 Å². The highest BCUT2D eigenvalue weighted by atomic mass is 16.5. The van der Waals surface area contributed by atoms with Crippen molar-refractivity contribution < 1.29 is 9.53 Å². The lowest BCUT2D eigenvalue weighted by Crippen LogP contribution is -2.51. The number of esters is 1. The van der Waals surface area contributed by atoms with Crippen LogP contribution in [0.25, 0.3) is 0 Å². The normalized spacial score (nSPS) is 23.4. The lowest BCUT2D eigenvalue weighted by molar-refractivity contribution is 0.0600. The first-order valence-electron chi connectivity index (χ1n) is 9.63. The summed E-state index contributed by atoms with van der Waals surface area (Å²) in [4.78, 5) is 33.2. The summed E-state index contributed by atoms with van der Waals surface area (Å²) in [5.41, 5.74) is 1.66. The molecule has 0 radical (unpaired) electrons. The number of nitrogens with zero attached hydrogens (tertiary/aromatic N) is 4. The smallest absolute Gasteiger partial charge is 0.339 e. The van der Waals surface area contributed by atoms with Crippen LogP contribution in [0.1, 0.15) is 34.4 Å². The highest BCUT2D eigenvalue weighted by Gasteiger charge is 2.40. The van der Waals surface area contributed by atoms with Crippen LogP contribution >= 0.6 is 0 Å². The van der Waals surface area contributed by atoms with E-state index in [0.717, 1.165) is 37.6 Å². The van der Waals surface area contributed by atoms with Crippen molar-refractivity contribution in [2.45, 2.75) is 18.4 Å². The summed E-state index contributed by atoms with van der Waals surface area (Å²) in [5, 5.41) is 0. The van der Waals surface area contributed by atoms with Gasteiger partial charge in [-0.25, -0.2) is 9.78 Å². The number of pyridine rings is 2. The topological polar surface area (TPSA) is 67.7 Å². The van der Waals surface area contributed by atoms with Crippen molar-refractivity contribution in [3.05, 3.63) is 58.1 Å². The molecule has 7 heteroatoms. The maximum Gasteiger partial charge on any atom is 0.339 e. The molecule has 1 saturated heterocycles. The molecular weight excluding hydrogens is 356 g/mol. The number of aromatic nitrogens is 2. The van der Waals surface area contributed by atoms with Crippen molar-refractivity contribution >= 4 is 11.8 Å². The molecule has 0 saturated carbocycles. The van der Waals surface area contributed by atoms with Gasteiger partial charge >= 0.3 is 5.97 Å². The average Bonchev–Trinajstić information content (AvgIpc) is 2.70. The van der Waals surface area contributed by atoms with Gasteiger partial charge in [-0.1, -0.05) is 6.07 Å². The number of likely N-dealkylation sites (N-methyl/N-ethyl adjacent to an activating group) is 1. The van der Waals surface area contributed by atoms with Gasteiger partial charge in [0.1, 0.15) is 5.82 Å². The largest absolute Gasteiger partial charge is 0.465 e. The first-order chi connectivity index (χ1) is 13.5. The van der Waals surface area contributed by atoms with Gasteiger partial charge in [-0.15, -0.1) is 0 Å². The third kappa shape index (κ3) is 3.30. The summed E-state index contributed by atoms with van der Waals surface area (Å²) >= 11 is 0. The summed E-state index contributed by atoms with van der Waals surface area (Å²) < 4.78 is 6.77. The van der Waals surface area contributed by atoms with E-state index in [9.17, 15) is 9.59 Å². The Morgan fingerprint density at radius 1 is 1.25 bits per heavy atom. The monoisotopic (exact) mass is 382 g/mol. The van der Waals surface area contributed by atoms with E-state index in [0.29, 0.717) is 17.4 Å². The van der Waals surface area contributed by atoms with Gasteiger partial charge in [-0.3, -0.25) is 4.79 Å². The minimum atomic E-state index is -0.381. The molecule has 28 heavy (non-hydrogen) atoms. The van der Waals surface area contributed by atoms with Crippen LogP contribution in [-0.2, 0) is 4.74 Å². The van der Waals surface area contributed by atoms with Crippen molar-refractivity contribution in [2.75, 3.05) is 45.7 Å². The number of ether oxygens (including phenoxy) is 1. The number of carbonyl (C=O) groups is 1. The lowest BCUT2D eigenvalue weighted by Gasteiger charge is -2.48. The van der Waals surface area contributed by atoms with Crippen LogP contribution in [0.3, 0.4) is 0 Å². The zero-order valence-corrected chi connectivity index (χ0v) is 16.5. The first-order valence-corrected chi connectivity index (χ1v) is 9.63. The average molecular weight is 382 g/mol. The summed E-state index contributed by atoms with van der Waals surface area (Å²) in [5.74, 6) is 1.15. The number of fused-ring (bicyclic) bond motifs is 4. The van der Waals surface area contributed by atoms with Gasteiger partial charge in [0.05, 0.1) is 18.7 Å². The fourth-order valence-corrected chi connectivity index (χ4v) is 4.65. The molecule has 2 aliphatic rings. The number of hydrogen-bond donors (Lipinski definition) is 0. The molecule has 4 heterocycles. The Morgan fingerprint density at radius 3 is 2.75 bits per heavy atom. The quantitative estimate of drug-likeness (QED) is 0.751. The second kappa shape index (κ2) is 7.39. The molecule has 2 aliphatic heterocycles. The number of carbonyl (C=O) groups excluding carboxylic acids is 1. The molecular formula is C21H26N4O3. The molecule has 148 valence electrons. The number of rotatable bonds is 4. The molecule has 2 bridgehead atoms. The van der Waals surface area contributed by atoms with Crippen molar-refractivity contribution in [2.24, 2.45) is 5.92 Å². The predicted molar refractivity (Wildman–Crippen MR) is 107 cm³/mol. The fourth-order valence-electron chi connectivity index (χ4n) is 4.65. The highest BCUT2D eigenvalue weighted by molar-refractivity contribution is 5.89. The minimum Gasteiger partial charge on any atom is -0.465 e. The van der Waals surface area contributed by atoms with Gasteiger partial charge < -0.3 is 19.1 Å². The van der Waals surface area contributed by atoms with Crippen molar-refractivity contribution in [1.29, 1.82) is 0 Å². The molecule has 7 nitrogen and oxygen atoms in total. The number of hydrogen-bond acceptors (Lipinski definition) is 6. The third-order valence-corrected chi connectivity index (χ3v) is 5.84. The highest BCUT2D eigenvalue weighted by Crippen LogP contribution is 2.42. The van der Waals surface area contributed by atoms with E-state index in [2.05, 4.69) is 20.9 Å². The van der Waals surface area contributed by atoms with E-state index < -0.39 is 0 Å². The molecule has 0 N–H and O–H groups in total. The lowest BCUT2D eigenvalue weighted by atomic mass is 9.78. The van der Waals surface area contributed by atoms with Crippen LogP contribution in [0.4, 0.5) is 5.82 Å². The fraction of sp³-hybridized carbons (Fsp3) is 0.476. The van der Waals surface area contributed by atoms with Crippen molar-refractivity contribution in [3.63, 3.8) is 0 Å². The van der Waals surface area contributed by atoms with Crippen LogP contribution in [0.2, 0.25) is 0 Å². The molecule has 2 aromatic rings. The zero-order valence-electron chi connectivity index (χ0n) is 16.5. The molecule has 0 unspecified atom stereocenters. The van der Waals surface area contributed by atoms with Gasteiger partial charge in [0.25, 0.3) is 5.56 Å². The van der Waals surface area contributed by atoms with Gasteiger partial charge in [-0.05, 0) is 44.6 Å². The Kier molecular flexibility index (Phi) is 4.93. The van der Waals surface area contributed by atoms with E-state index in [4.69, 9.17) is 4.74 Å². The predicted octanol–water partition coefficient (Wildman–Crippen LogP) is 1.76. The Labute approximate surface area is 164 Å². The number of piperidine rings is 1. The number of methoxy groups -OCH3 is 1. The Hall–Kier alpha value is -2.67. The minimum absolute atomic E-state index is 0.0908. The second-order valence-electron chi connectivity index (χ2n) is 7.98. The van der Waals surface area contributed by atoms with Crippen LogP contribution in [0.5, 0.6) is 0 Å². The Morgan fingerprint density at radius 2 is 2.07 bits per heavy atom. The number of anilines is 1. The van der Waals surface area contributed by atoms with Crippen molar-refractivity contribution in [1.82, 2.24) is 14.5 Å². The molecule has 2 aromatic heterocycles. The van der Waals surface area contributed by atoms with Crippen LogP contribution in [0.15, 0.2) is 41.3 Å². The summed E-state index contributed by atoms with van der Waals surface area (Å²) in [7, 11) is 5.47. The molecule has 0 amide bonds. The Bertz CT molecular complexity index is 922. The van der Waals surface area contributed by atoms with Gasteiger partial charge in [0.2, 0.25) is 0 Å². The standard InChI is InChI=1S/C21H26N4O3/c1-23(2)13-18-16-9-15(17-5-4-6-20(26)25(17)18)11-24(12-16)19-8-7-14(10-22-19)21(27)28-3/h4-8,10,15-16,18H,9,11-13H2,1-3H3/t15-,16+,18+/m1/s1. The second-order valence-corrected chi connectivity index (χ2v) is 7.98. The maximum absolute atomic E-state index is 12.6. The van der Waals surface area contributed by atoms with Crippen LogP contribution in [0, 0.1) is 5.92 Å². The van der Waals surface area contributed by atoms with Crippen LogP contribution < -0.4 is 10.5 Å². The van der Waals surface area contributed by atoms with E-state index in [1.807, 2.05) is 30.8 Å². The zero-order chi connectivity index (χ0) is 19.8. The van der Waals surface area contributed by atoms with Gasteiger partial charge in [0, 0.05) is 43.5 Å². The maximum atomic E-state index is 12.6.